The zero-order valence-electron chi connectivity index (χ0n) is 15.4. The van der Waals surface area contributed by atoms with Crippen molar-refractivity contribution in [2.45, 2.75) is 40.5 Å². The molecule has 2 rings (SSSR count). The minimum atomic E-state index is 0.204. The van der Waals surface area contributed by atoms with Gasteiger partial charge in [0.2, 0.25) is 0 Å². The Morgan fingerprint density at radius 3 is 2.29 bits per heavy atom. The molecule has 0 unspecified atom stereocenters. The molecular formula is C22H29NO. The number of allylic oxidation sites excluding steroid dienone is 5. The lowest BCUT2D eigenvalue weighted by atomic mass is 9.75. The largest absolute Gasteiger partial charge is 0.372 e. The van der Waals surface area contributed by atoms with Gasteiger partial charge in [0.05, 0.1) is 0 Å². The third-order valence-electron chi connectivity index (χ3n) is 4.53. The first kappa shape index (κ1) is 18.3. The topological polar surface area (TPSA) is 20.3 Å². The van der Waals surface area contributed by atoms with Crippen LogP contribution in [0.1, 0.15) is 46.1 Å². The number of rotatable bonds is 6. The van der Waals surface area contributed by atoms with Gasteiger partial charge in [-0.2, -0.15) is 0 Å². The van der Waals surface area contributed by atoms with E-state index < -0.39 is 0 Å². The standard InChI is InChI=1S/C22H29NO/c1-5-23(6-2)21-11-9-18(10-12-21)7-8-19-15-20(13-14-24)17-22(3,4)16-19/h7-15H,5-6,16-17H2,1-4H3/b8-7+,20-13-. The molecule has 0 atom stereocenters. The quantitative estimate of drug-likeness (QED) is 0.515. The SMILES string of the molecule is CCN(CC)c1ccc(/C=C/C2=CC(=C/C=O)/CC(C)(C)C2)cc1. The summed E-state index contributed by atoms with van der Waals surface area (Å²) in [4.78, 5) is 13.1. The molecular weight excluding hydrogens is 294 g/mol. The molecule has 0 saturated carbocycles. The fraction of sp³-hybridized carbons (Fsp3) is 0.409. The molecule has 24 heavy (non-hydrogen) atoms. The molecule has 0 amide bonds. The van der Waals surface area contributed by atoms with Gasteiger partial charge in [-0.15, -0.1) is 0 Å². The lowest BCUT2D eigenvalue weighted by Crippen LogP contribution is -2.21. The molecule has 0 aliphatic heterocycles. The molecule has 1 aromatic rings. The summed E-state index contributed by atoms with van der Waals surface area (Å²) in [6.45, 7) is 10.9. The number of benzene rings is 1. The van der Waals surface area contributed by atoms with E-state index in [0.717, 1.165) is 37.8 Å². The Morgan fingerprint density at radius 2 is 1.71 bits per heavy atom. The molecule has 0 spiro atoms. The molecule has 0 N–H and O–H groups in total. The molecule has 1 aliphatic carbocycles. The number of hydrogen-bond acceptors (Lipinski definition) is 2. The number of hydrogen-bond donors (Lipinski definition) is 0. The van der Waals surface area contributed by atoms with E-state index >= 15 is 0 Å². The van der Waals surface area contributed by atoms with Crippen molar-refractivity contribution in [2.24, 2.45) is 5.41 Å². The van der Waals surface area contributed by atoms with Crippen molar-refractivity contribution in [3.63, 3.8) is 0 Å². The summed E-state index contributed by atoms with van der Waals surface area (Å²) in [5.74, 6) is 0. The van der Waals surface area contributed by atoms with Crippen molar-refractivity contribution in [3.8, 4) is 0 Å². The van der Waals surface area contributed by atoms with Gasteiger partial charge in [-0.05, 0) is 67.0 Å². The van der Waals surface area contributed by atoms with E-state index in [1.165, 1.54) is 16.8 Å². The predicted molar refractivity (Wildman–Crippen MR) is 104 cm³/mol. The lowest BCUT2D eigenvalue weighted by molar-refractivity contribution is -0.104. The number of carbonyl (C=O) groups excluding carboxylic acids is 1. The molecule has 0 fully saturated rings. The van der Waals surface area contributed by atoms with E-state index in [0.29, 0.717) is 0 Å². The van der Waals surface area contributed by atoms with E-state index in [9.17, 15) is 4.79 Å². The fourth-order valence-corrected chi connectivity index (χ4v) is 3.40. The number of aldehydes is 1. The van der Waals surface area contributed by atoms with Gasteiger partial charge in [0.25, 0.3) is 0 Å². The summed E-state index contributed by atoms with van der Waals surface area (Å²) < 4.78 is 0. The first-order chi connectivity index (χ1) is 11.5. The Labute approximate surface area is 146 Å². The molecule has 0 aromatic heterocycles. The minimum Gasteiger partial charge on any atom is -0.372 e. The summed E-state index contributed by atoms with van der Waals surface area (Å²) in [5.41, 5.74) is 5.09. The zero-order valence-corrected chi connectivity index (χ0v) is 15.4. The fourth-order valence-electron chi connectivity index (χ4n) is 3.40. The smallest absolute Gasteiger partial charge is 0.143 e. The molecule has 1 aromatic carbocycles. The highest BCUT2D eigenvalue weighted by atomic mass is 16.1. The van der Waals surface area contributed by atoms with Gasteiger partial charge in [-0.25, -0.2) is 0 Å². The molecule has 0 heterocycles. The van der Waals surface area contributed by atoms with Crippen molar-refractivity contribution >= 4 is 18.0 Å². The van der Waals surface area contributed by atoms with Crippen LogP contribution in [0.25, 0.3) is 6.08 Å². The molecule has 2 heteroatoms. The first-order valence-electron chi connectivity index (χ1n) is 8.85. The van der Waals surface area contributed by atoms with Crippen molar-refractivity contribution in [3.05, 3.63) is 59.2 Å². The summed E-state index contributed by atoms with van der Waals surface area (Å²) in [7, 11) is 0. The molecule has 0 saturated heterocycles. The number of anilines is 1. The van der Waals surface area contributed by atoms with Crippen LogP contribution >= 0.6 is 0 Å². The Kier molecular flexibility index (Phi) is 6.19. The van der Waals surface area contributed by atoms with Crippen LogP contribution < -0.4 is 4.90 Å². The van der Waals surface area contributed by atoms with Crippen LogP contribution in [-0.4, -0.2) is 19.4 Å². The summed E-state index contributed by atoms with van der Waals surface area (Å²) in [6.07, 6.45) is 11.1. The molecule has 0 bridgehead atoms. The van der Waals surface area contributed by atoms with Crippen LogP contribution in [0.4, 0.5) is 5.69 Å². The van der Waals surface area contributed by atoms with Gasteiger partial charge in [0.15, 0.2) is 0 Å². The molecule has 0 radical (unpaired) electrons. The van der Waals surface area contributed by atoms with Gasteiger partial charge in [0.1, 0.15) is 6.29 Å². The molecule has 128 valence electrons. The molecule has 1 aliphatic rings. The highest BCUT2D eigenvalue weighted by molar-refractivity contribution is 5.68. The second-order valence-electron chi connectivity index (χ2n) is 7.21. The van der Waals surface area contributed by atoms with Crippen LogP contribution in [0.2, 0.25) is 0 Å². The summed E-state index contributed by atoms with van der Waals surface area (Å²) in [6, 6.07) is 8.70. The first-order valence-corrected chi connectivity index (χ1v) is 8.85. The van der Waals surface area contributed by atoms with Gasteiger partial charge < -0.3 is 4.90 Å². The Balaban J connectivity index is 2.15. The lowest BCUT2D eigenvalue weighted by Gasteiger charge is -2.30. The second kappa shape index (κ2) is 8.14. The maximum Gasteiger partial charge on any atom is 0.143 e. The number of carbonyl (C=O) groups is 1. The zero-order chi connectivity index (χ0) is 17.6. The predicted octanol–water partition coefficient (Wildman–Crippen LogP) is 5.42. The van der Waals surface area contributed by atoms with Crippen LogP contribution in [0.15, 0.2) is 53.6 Å². The average Bonchev–Trinajstić information content (AvgIpc) is 2.54. The monoisotopic (exact) mass is 323 g/mol. The van der Waals surface area contributed by atoms with Gasteiger partial charge in [-0.1, -0.05) is 44.2 Å². The summed E-state index contributed by atoms with van der Waals surface area (Å²) in [5, 5.41) is 0. The second-order valence-corrected chi connectivity index (χ2v) is 7.21. The van der Waals surface area contributed by atoms with Crippen LogP contribution in [0, 0.1) is 5.41 Å². The van der Waals surface area contributed by atoms with Gasteiger partial charge in [0, 0.05) is 18.8 Å². The van der Waals surface area contributed by atoms with Crippen LogP contribution in [0.5, 0.6) is 0 Å². The van der Waals surface area contributed by atoms with E-state index in [4.69, 9.17) is 0 Å². The average molecular weight is 323 g/mol. The summed E-state index contributed by atoms with van der Waals surface area (Å²) >= 11 is 0. The van der Waals surface area contributed by atoms with Crippen molar-refractivity contribution < 1.29 is 4.79 Å². The highest BCUT2D eigenvalue weighted by Crippen LogP contribution is 2.38. The van der Waals surface area contributed by atoms with Crippen LogP contribution in [0.3, 0.4) is 0 Å². The maximum absolute atomic E-state index is 10.8. The van der Waals surface area contributed by atoms with Crippen LogP contribution in [-0.2, 0) is 4.79 Å². The number of nitrogens with zero attached hydrogens (tertiary/aromatic N) is 1. The Hall–Kier alpha value is -2.09. The third-order valence-corrected chi connectivity index (χ3v) is 4.53. The van der Waals surface area contributed by atoms with Crippen molar-refractivity contribution in [2.75, 3.05) is 18.0 Å². The molecule has 2 nitrogen and oxygen atoms in total. The van der Waals surface area contributed by atoms with Gasteiger partial charge in [-0.3, -0.25) is 4.79 Å². The third kappa shape index (κ3) is 4.95. The Morgan fingerprint density at radius 1 is 1.04 bits per heavy atom. The van der Waals surface area contributed by atoms with Crippen molar-refractivity contribution in [1.29, 1.82) is 0 Å². The van der Waals surface area contributed by atoms with E-state index in [1.807, 2.05) is 0 Å². The highest BCUT2D eigenvalue weighted by Gasteiger charge is 2.24. The normalized spacial score (nSPS) is 18.7. The Bertz CT molecular complexity index is 643. The van der Waals surface area contributed by atoms with E-state index in [2.05, 4.69) is 75.1 Å². The minimum absolute atomic E-state index is 0.204. The van der Waals surface area contributed by atoms with E-state index in [-0.39, 0.29) is 5.41 Å². The van der Waals surface area contributed by atoms with Gasteiger partial charge >= 0.3 is 0 Å². The van der Waals surface area contributed by atoms with Crippen molar-refractivity contribution in [1.82, 2.24) is 0 Å². The maximum atomic E-state index is 10.8. The van der Waals surface area contributed by atoms with E-state index in [1.54, 1.807) is 6.08 Å².